The van der Waals surface area contributed by atoms with Crippen molar-refractivity contribution in [2.75, 3.05) is 51.7 Å². The highest BCUT2D eigenvalue weighted by Crippen LogP contribution is 2.41. The van der Waals surface area contributed by atoms with Crippen molar-refractivity contribution >= 4 is 39.7 Å². The van der Waals surface area contributed by atoms with Crippen LogP contribution in [0.2, 0.25) is 0 Å². The minimum Gasteiger partial charge on any atom is -0.396 e. The summed E-state index contributed by atoms with van der Waals surface area (Å²) < 4.78 is 5.03. The first-order valence-electron chi connectivity index (χ1n) is 6.93. The summed E-state index contributed by atoms with van der Waals surface area (Å²) >= 11 is 3.02. The molecular formula is C14H25N3O2S2. The molecule has 0 unspecified atom stereocenters. The molecule has 0 fully saturated rings. The lowest BCUT2D eigenvalue weighted by molar-refractivity contribution is 0.0833. The molecule has 0 bridgehead atoms. The Morgan fingerprint density at radius 2 is 2.10 bits per heavy atom. The molecule has 1 amide bonds. The van der Waals surface area contributed by atoms with Crippen molar-refractivity contribution < 1.29 is 9.53 Å². The molecule has 1 aromatic heterocycles. The van der Waals surface area contributed by atoms with Gasteiger partial charge in [0.25, 0.3) is 5.91 Å². The highest BCUT2D eigenvalue weighted by molar-refractivity contribution is 7.99. The van der Waals surface area contributed by atoms with Gasteiger partial charge < -0.3 is 20.7 Å². The van der Waals surface area contributed by atoms with Crippen LogP contribution in [0.1, 0.15) is 28.9 Å². The predicted octanol–water partition coefficient (Wildman–Crippen LogP) is 2.98. The SMILES string of the molecule is COCCCCCNc1sc(C(=O)N(C)C)c(N)c1SC. The fourth-order valence-electron chi connectivity index (χ4n) is 1.86. The van der Waals surface area contributed by atoms with E-state index in [1.807, 2.05) is 6.26 Å². The van der Waals surface area contributed by atoms with Gasteiger partial charge in [0.15, 0.2) is 0 Å². The van der Waals surface area contributed by atoms with E-state index in [9.17, 15) is 4.79 Å². The molecule has 0 atom stereocenters. The summed E-state index contributed by atoms with van der Waals surface area (Å²) in [7, 11) is 5.20. The van der Waals surface area contributed by atoms with E-state index < -0.39 is 0 Å². The second-order valence-electron chi connectivity index (χ2n) is 4.89. The molecule has 7 heteroatoms. The average Bonchev–Trinajstić information content (AvgIpc) is 2.77. The maximum atomic E-state index is 12.1. The lowest BCUT2D eigenvalue weighted by atomic mass is 10.2. The fraction of sp³-hybridized carbons (Fsp3) is 0.643. The quantitative estimate of drug-likeness (QED) is 0.538. The average molecular weight is 332 g/mol. The molecule has 1 rings (SSSR count). The maximum Gasteiger partial charge on any atom is 0.265 e. The van der Waals surface area contributed by atoms with Gasteiger partial charge in [-0.05, 0) is 25.5 Å². The van der Waals surface area contributed by atoms with Crippen molar-refractivity contribution in [1.29, 1.82) is 0 Å². The molecule has 0 aliphatic heterocycles. The summed E-state index contributed by atoms with van der Waals surface area (Å²) in [5.41, 5.74) is 6.70. The first-order valence-corrected chi connectivity index (χ1v) is 8.97. The second-order valence-corrected chi connectivity index (χ2v) is 6.72. The Hall–Kier alpha value is -0.920. The molecule has 5 nitrogen and oxygen atoms in total. The molecule has 0 aliphatic rings. The molecule has 21 heavy (non-hydrogen) atoms. The van der Waals surface area contributed by atoms with E-state index in [2.05, 4.69) is 5.32 Å². The number of nitrogen functional groups attached to an aromatic ring is 1. The minimum atomic E-state index is -0.0408. The molecule has 0 aliphatic carbocycles. The van der Waals surface area contributed by atoms with Gasteiger partial charge in [-0.3, -0.25) is 4.79 Å². The Labute approximate surface area is 135 Å². The standard InChI is InChI=1S/C14H25N3O2S2/c1-17(2)14(18)12-10(15)11(20-4)13(21-12)16-8-6-5-7-9-19-3/h16H,5-9,15H2,1-4H3. The lowest BCUT2D eigenvalue weighted by Gasteiger charge is -2.08. The van der Waals surface area contributed by atoms with Crippen LogP contribution in [0.15, 0.2) is 4.90 Å². The lowest BCUT2D eigenvalue weighted by Crippen LogP contribution is -2.21. The third-order valence-electron chi connectivity index (χ3n) is 3.01. The summed E-state index contributed by atoms with van der Waals surface area (Å²) in [5.74, 6) is -0.0408. The van der Waals surface area contributed by atoms with E-state index in [0.717, 1.165) is 42.3 Å². The van der Waals surface area contributed by atoms with Crippen LogP contribution in [0, 0.1) is 0 Å². The van der Waals surface area contributed by atoms with E-state index >= 15 is 0 Å². The van der Waals surface area contributed by atoms with E-state index in [1.165, 1.54) is 11.3 Å². The van der Waals surface area contributed by atoms with Crippen LogP contribution in [-0.2, 0) is 4.74 Å². The van der Waals surface area contributed by atoms with E-state index in [-0.39, 0.29) is 5.91 Å². The number of nitrogens with two attached hydrogens (primary N) is 1. The summed E-state index contributed by atoms with van der Waals surface area (Å²) in [6.45, 7) is 1.69. The molecule has 3 N–H and O–H groups in total. The maximum absolute atomic E-state index is 12.1. The zero-order valence-corrected chi connectivity index (χ0v) is 14.8. The number of nitrogens with zero attached hydrogens (tertiary/aromatic N) is 1. The van der Waals surface area contributed by atoms with Gasteiger partial charge >= 0.3 is 0 Å². The van der Waals surface area contributed by atoms with Crippen molar-refractivity contribution in [3.05, 3.63) is 4.88 Å². The number of carbonyl (C=O) groups is 1. The number of thioether (sulfide) groups is 1. The summed E-state index contributed by atoms with van der Waals surface area (Å²) in [5, 5.41) is 4.40. The monoisotopic (exact) mass is 331 g/mol. The van der Waals surface area contributed by atoms with E-state index in [4.69, 9.17) is 10.5 Å². The van der Waals surface area contributed by atoms with Crippen LogP contribution in [0.5, 0.6) is 0 Å². The van der Waals surface area contributed by atoms with Gasteiger partial charge in [-0.15, -0.1) is 23.1 Å². The minimum absolute atomic E-state index is 0.0408. The fourth-order valence-corrected chi connectivity index (χ4v) is 3.94. The normalized spacial score (nSPS) is 10.7. The van der Waals surface area contributed by atoms with Gasteiger partial charge in [0.2, 0.25) is 0 Å². The number of rotatable bonds is 9. The number of hydrogen-bond donors (Lipinski definition) is 2. The molecule has 0 aromatic carbocycles. The highest BCUT2D eigenvalue weighted by Gasteiger charge is 2.21. The third kappa shape index (κ3) is 5.09. The second kappa shape index (κ2) is 9.17. The number of ether oxygens (including phenoxy) is 1. The van der Waals surface area contributed by atoms with Gasteiger partial charge in [-0.25, -0.2) is 0 Å². The summed E-state index contributed by atoms with van der Waals surface area (Å²) in [4.78, 5) is 15.2. The summed E-state index contributed by atoms with van der Waals surface area (Å²) in [6, 6.07) is 0. The number of anilines is 2. The van der Waals surface area contributed by atoms with Gasteiger partial charge in [-0.2, -0.15) is 0 Å². The molecule has 1 aromatic rings. The Morgan fingerprint density at radius 1 is 1.38 bits per heavy atom. The number of nitrogens with one attached hydrogen (secondary N) is 1. The molecule has 0 saturated heterocycles. The van der Waals surface area contributed by atoms with Crippen LogP contribution < -0.4 is 11.1 Å². The van der Waals surface area contributed by atoms with E-state index in [0.29, 0.717) is 10.6 Å². The van der Waals surface area contributed by atoms with Gasteiger partial charge in [0.05, 0.1) is 10.6 Å². The van der Waals surface area contributed by atoms with Crippen LogP contribution in [0.3, 0.4) is 0 Å². The molecule has 120 valence electrons. The first kappa shape index (κ1) is 18.1. The number of carbonyl (C=O) groups excluding carboxylic acids is 1. The van der Waals surface area contributed by atoms with Gasteiger partial charge in [0.1, 0.15) is 9.88 Å². The Kier molecular flexibility index (Phi) is 7.92. The molecule has 0 spiro atoms. The zero-order chi connectivity index (χ0) is 15.8. The van der Waals surface area contributed by atoms with Gasteiger partial charge in [-0.1, -0.05) is 0 Å². The molecular weight excluding hydrogens is 306 g/mol. The number of unbranched alkanes of at least 4 members (excludes halogenated alkanes) is 2. The number of amides is 1. The van der Waals surface area contributed by atoms with Crippen LogP contribution in [0.4, 0.5) is 10.7 Å². The smallest absolute Gasteiger partial charge is 0.265 e. The Morgan fingerprint density at radius 3 is 2.67 bits per heavy atom. The van der Waals surface area contributed by atoms with Crippen molar-refractivity contribution in [3.63, 3.8) is 0 Å². The van der Waals surface area contributed by atoms with Crippen molar-refractivity contribution in [1.82, 2.24) is 4.90 Å². The van der Waals surface area contributed by atoms with Crippen LogP contribution in [-0.4, -0.2) is 51.4 Å². The molecule has 0 radical (unpaired) electrons. The van der Waals surface area contributed by atoms with Crippen LogP contribution in [0.25, 0.3) is 0 Å². The number of methoxy groups -OCH3 is 1. The van der Waals surface area contributed by atoms with Crippen molar-refractivity contribution in [3.8, 4) is 0 Å². The summed E-state index contributed by atoms with van der Waals surface area (Å²) in [6.07, 6.45) is 5.25. The highest BCUT2D eigenvalue weighted by atomic mass is 32.2. The number of hydrogen-bond acceptors (Lipinski definition) is 6. The van der Waals surface area contributed by atoms with Crippen molar-refractivity contribution in [2.24, 2.45) is 0 Å². The zero-order valence-electron chi connectivity index (χ0n) is 13.2. The van der Waals surface area contributed by atoms with E-state index in [1.54, 1.807) is 37.9 Å². The van der Waals surface area contributed by atoms with Gasteiger partial charge in [0, 0.05) is 34.4 Å². The van der Waals surface area contributed by atoms with Crippen LogP contribution >= 0.6 is 23.1 Å². The molecule has 0 saturated carbocycles. The number of thiophene rings is 1. The Balaban J connectivity index is 2.65. The first-order chi connectivity index (χ1) is 10.0. The largest absolute Gasteiger partial charge is 0.396 e. The Bertz CT molecular complexity index is 461. The topological polar surface area (TPSA) is 67.6 Å². The molecule has 1 heterocycles. The third-order valence-corrected chi connectivity index (χ3v) is 5.13. The van der Waals surface area contributed by atoms with Crippen molar-refractivity contribution in [2.45, 2.75) is 24.2 Å². The predicted molar refractivity (Wildman–Crippen MR) is 92.7 cm³/mol.